The van der Waals surface area contributed by atoms with E-state index in [0.29, 0.717) is 43.1 Å². The summed E-state index contributed by atoms with van der Waals surface area (Å²) in [5.74, 6) is 2.01. The quantitative estimate of drug-likeness (QED) is 0.198. The van der Waals surface area contributed by atoms with Crippen LogP contribution in [-0.4, -0.2) is 18.5 Å². The highest BCUT2D eigenvalue weighted by Crippen LogP contribution is 2.30. The molecule has 2 aromatic heterocycles. The summed E-state index contributed by atoms with van der Waals surface area (Å²) in [6, 6.07) is 16.6. The van der Waals surface area contributed by atoms with E-state index in [1.165, 1.54) is 12.4 Å². The van der Waals surface area contributed by atoms with Crippen molar-refractivity contribution in [3.63, 3.8) is 0 Å². The van der Waals surface area contributed by atoms with Crippen LogP contribution in [0.1, 0.15) is 11.5 Å². The predicted molar refractivity (Wildman–Crippen MR) is 135 cm³/mol. The second kappa shape index (κ2) is 10.8. The van der Waals surface area contributed by atoms with Crippen molar-refractivity contribution in [3.05, 3.63) is 92.3 Å². The molecule has 0 saturated heterocycles. The van der Waals surface area contributed by atoms with Crippen molar-refractivity contribution in [2.75, 3.05) is 0 Å². The number of rotatable bonds is 6. The average molecular weight is 536 g/mol. The van der Waals surface area contributed by atoms with E-state index in [9.17, 15) is 4.79 Å². The van der Waals surface area contributed by atoms with Crippen molar-refractivity contribution in [2.45, 2.75) is 0 Å². The monoisotopic (exact) mass is 534 g/mol. The summed E-state index contributed by atoms with van der Waals surface area (Å²) in [6.45, 7) is 0. The molecule has 0 unspecified atom stereocenters. The molecule has 0 aliphatic rings. The Balaban J connectivity index is 1.28. The Hall–Kier alpha value is -3.23. The minimum atomic E-state index is -0.653. The molecule has 172 valence electrons. The van der Waals surface area contributed by atoms with Gasteiger partial charge in [-0.25, -0.2) is 15.6 Å². The van der Waals surface area contributed by atoms with Crippen LogP contribution in [0.15, 0.2) is 79.7 Å². The van der Waals surface area contributed by atoms with Gasteiger partial charge in [-0.15, -0.1) is 0 Å². The lowest BCUT2D eigenvalue weighted by atomic mass is 10.2. The Bertz CT molecular complexity index is 1290. The highest BCUT2D eigenvalue weighted by Gasteiger charge is 2.08. The second-order valence-electron chi connectivity index (χ2n) is 6.73. The zero-order chi connectivity index (χ0) is 24.1. The normalized spacial score (nSPS) is 11.4. The Morgan fingerprint density at radius 3 is 1.50 bits per heavy atom. The number of hydrogen-bond acceptors (Lipinski definition) is 5. The summed E-state index contributed by atoms with van der Waals surface area (Å²) < 4.78 is 11.3. The molecule has 2 aromatic carbocycles. The standard InChI is InChI=1S/C23H14Cl4N4O3/c24-17-5-1-13(9-19(17)26)21-7-3-15(33-21)11-28-30-23(32)31-29-12-16-4-8-22(34-16)14-2-6-18(25)20(27)10-14/h1-12H,(H2,30,31,32)/b28-11+,29-12+. The lowest BCUT2D eigenvalue weighted by molar-refractivity contribution is 0.242. The van der Waals surface area contributed by atoms with Crippen LogP contribution in [-0.2, 0) is 0 Å². The summed E-state index contributed by atoms with van der Waals surface area (Å²) in [4.78, 5) is 11.9. The number of carbonyl (C=O) groups excluding carboxylic acids is 1. The first-order valence-corrected chi connectivity index (χ1v) is 11.1. The third-order valence-corrected chi connectivity index (χ3v) is 5.86. The number of hydrogen-bond donors (Lipinski definition) is 2. The lowest BCUT2D eigenvalue weighted by Crippen LogP contribution is -2.28. The van der Waals surface area contributed by atoms with E-state index >= 15 is 0 Å². The molecule has 0 radical (unpaired) electrons. The van der Waals surface area contributed by atoms with Crippen molar-refractivity contribution in [1.29, 1.82) is 0 Å². The highest BCUT2D eigenvalue weighted by molar-refractivity contribution is 6.42. The second-order valence-corrected chi connectivity index (χ2v) is 8.36. The Morgan fingerprint density at radius 1 is 0.647 bits per heavy atom. The first kappa shape index (κ1) is 23.9. The van der Waals surface area contributed by atoms with Gasteiger partial charge in [0.25, 0.3) is 0 Å². The summed E-state index contributed by atoms with van der Waals surface area (Å²) in [6.07, 6.45) is 2.70. The van der Waals surface area contributed by atoms with Crippen LogP contribution in [0.4, 0.5) is 4.79 Å². The number of urea groups is 1. The number of nitrogens with one attached hydrogen (secondary N) is 2. The zero-order valence-corrected chi connectivity index (χ0v) is 20.1. The molecular formula is C23H14Cl4N4O3. The Kier molecular flexibility index (Phi) is 7.59. The van der Waals surface area contributed by atoms with E-state index in [1.54, 1.807) is 60.7 Å². The van der Waals surface area contributed by atoms with Crippen LogP contribution in [0.5, 0.6) is 0 Å². The molecule has 0 bridgehead atoms. The van der Waals surface area contributed by atoms with Gasteiger partial charge in [-0.05, 0) is 60.7 Å². The zero-order valence-electron chi connectivity index (χ0n) is 17.1. The fraction of sp³-hybridized carbons (Fsp3) is 0. The van der Waals surface area contributed by atoms with E-state index in [2.05, 4.69) is 21.1 Å². The van der Waals surface area contributed by atoms with Gasteiger partial charge < -0.3 is 8.83 Å². The largest absolute Gasteiger partial charge is 0.455 e. The first-order valence-electron chi connectivity index (χ1n) is 9.61. The Labute approximate surface area is 213 Å². The maximum atomic E-state index is 11.9. The smallest absolute Gasteiger partial charge is 0.355 e. The number of nitrogens with zero attached hydrogens (tertiary/aromatic N) is 2. The van der Waals surface area contributed by atoms with Gasteiger partial charge in [0.05, 0.1) is 32.5 Å². The summed E-state index contributed by atoms with van der Waals surface area (Å²) in [5, 5.41) is 9.38. The molecule has 2 N–H and O–H groups in total. The van der Waals surface area contributed by atoms with E-state index in [-0.39, 0.29) is 0 Å². The third kappa shape index (κ3) is 6.01. The van der Waals surface area contributed by atoms with Crippen LogP contribution in [0.2, 0.25) is 20.1 Å². The molecule has 2 heterocycles. The van der Waals surface area contributed by atoms with Gasteiger partial charge in [0.2, 0.25) is 0 Å². The average Bonchev–Trinajstić information content (AvgIpc) is 3.48. The van der Waals surface area contributed by atoms with E-state index < -0.39 is 6.03 Å². The highest BCUT2D eigenvalue weighted by atomic mass is 35.5. The van der Waals surface area contributed by atoms with Crippen molar-refractivity contribution >= 4 is 64.9 Å². The summed E-state index contributed by atoms with van der Waals surface area (Å²) >= 11 is 23.9. The maximum absolute atomic E-state index is 11.9. The fourth-order valence-electron chi connectivity index (χ4n) is 2.79. The molecule has 4 rings (SSSR count). The molecule has 0 spiro atoms. The molecule has 0 fully saturated rings. The van der Waals surface area contributed by atoms with Gasteiger partial charge in [-0.1, -0.05) is 46.4 Å². The van der Waals surface area contributed by atoms with Crippen molar-refractivity contribution < 1.29 is 13.6 Å². The van der Waals surface area contributed by atoms with Gasteiger partial charge in [0, 0.05) is 11.1 Å². The molecule has 34 heavy (non-hydrogen) atoms. The van der Waals surface area contributed by atoms with Crippen molar-refractivity contribution in [1.82, 2.24) is 10.9 Å². The molecule has 0 aliphatic heterocycles. The van der Waals surface area contributed by atoms with Crippen molar-refractivity contribution in [2.24, 2.45) is 10.2 Å². The molecule has 4 aromatic rings. The number of benzene rings is 2. The SMILES string of the molecule is O=C(N/N=C/c1ccc(-c2ccc(Cl)c(Cl)c2)o1)N/N=C/c1ccc(-c2ccc(Cl)c(Cl)c2)o1. The van der Waals surface area contributed by atoms with E-state index in [1.807, 2.05) is 0 Å². The molecule has 0 atom stereocenters. The number of furan rings is 2. The first-order chi connectivity index (χ1) is 16.4. The lowest BCUT2D eigenvalue weighted by Gasteiger charge is -2.00. The molecule has 11 heteroatoms. The van der Waals surface area contributed by atoms with Gasteiger partial charge in [-0.2, -0.15) is 10.2 Å². The minimum absolute atomic E-state index is 0.421. The van der Waals surface area contributed by atoms with Gasteiger partial charge >= 0.3 is 6.03 Å². The van der Waals surface area contributed by atoms with Crippen LogP contribution >= 0.6 is 46.4 Å². The molecule has 7 nitrogen and oxygen atoms in total. The van der Waals surface area contributed by atoms with Crippen LogP contribution in [0.3, 0.4) is 0 Å². The summed E-state index contributed by atoms with van der Waals surface area (Å²) in [5.41, 5.74) is 6.07. The van der Waals surface area contributed by atoms with Crippen LogP contribution in [0, 0.1) is 0 Å². The van der Waals surface area contributed by atoms with Crippen molar-refractivity contribution in [3.8, 4) is 22.6 Å². The van der Waals surface area contributed by atoms with E-state index in [4.69, 9.17) is 55.2 Å². The van der Waals surface area contributed by atoms with Gasteiger partial charge in [0.15, 0.2) is 0 Å². The topological polar surface area (TPSA) is 92.1 Å². The third-order valence-electron chi connectivity index (χ3n) is 4.38. The van der Waals surface area contributed by atoms with Crippen LogP contribution in [0.25, 0.3) is 22.6 Å². The molecule has 0 saturated carbocycles. The van der Waals surface area contributed by atoms with Gasteiger partial charge in [-0.3, -0.25) is 0 Å². The minimum Gasteiger partial charge on any atom is -0.455 e. The molecule has 2 amide bonds. The fourth-order valence-corrected chi connectivity index (χ4v) is 3.38. The number of halogens is 4. The number of amides is 2. The molecular weight excluding hydrogens is 522 g/mol. The number of carbonyl (C=O) groups is 1. The van der Waals surface area contributed by atoms with Crippen LogP contribution < -0.4 is 10.9 Å². The summed E-state index contributed by atoms with van der Waals surface area (Å²) in [7, 11) is 0. The van der Waals surface area contributed by atoms with Gasteiger partial charge in [0.1, 0.15) is 23.0 Å². The maximum Gasteiger partial charge on any atom is 0.355 e. The predicted octanol–water partition coefficient (Wildman–Crippen LogP) is 7.49. The van der Waals surface area contributed by atoms with E-state index in [0.717, 1.165) is 11.1 Å². The Morgan fingerprint density at radius 2 is 1.09 bits per heavy atom. The molecule has 0 aliphatic carbocycles. The number of hydrazone groups is 2.